The van der Waals surface area contributed by atoms with Gasteiger partial charge in [0.25, 0.3) is 5.56 Å². The highest BCUT2D eigenvalue weighted by molar-refractivity contribution is 7.99. The highest BCUT2D eigenvalue weighted by Crippen LogP contribution is 2.35. The van der Waals surface area contributed by atoms with Crippen molar-refractivity contribution in [2.45, 2.75) is 38.1 Å². The Kier molecular flexibility index (Phi) is 4.84. The van der Waals surface area contributed by atoms with Crippen molar-refractivity contribution in [3.05, 3.63) is 56.4 Å². The summed E-state index contributed by atoms with van der Waals surface area (Å²) < 4.78 is 1.99. The zero-order valence-corrected chi connectivity index (χ0v) is 18.0. The SMILES string of the molecule is Cc1ccccc1-c1nnc(S[C@@H](C)c2nc3sc(C)c(C)c3c(=O)[nH]2)n1C. The molecule has 0 aliphatic carbocycles. The Labute approximate surface area is 171 Å². The molecule has 0 unspecified atom stereocenters. The Morgan fingerprint density at radius 3 is 2.68 bits per heavy atom. The third-order valence-electron chi connectivity index (χ3n) is 4.95. The van der Waals surface area contributed by atoms with Crippen molar-refractivity contribution in [2.75, 3.05) is 0 Å². The number of nitrogens with one attached hydrogen (secondary N) is 1. The number of hydrogen-bond donors (Lipinski definition) is 1. The molecule has 0 spiro atoms. The first-order chi connectivity index (χ1) is 13.4. The smallest absolute Gasteiger partial charge is 0.259 e. The molecule has 0 saturated carbocycles. The van der Waals surface area contributed by atoms with E-state index in [1.165, 1.54) is 11.8 Å². The van der Waals surface area contributed by atoms with Gasteiger partial charge in [0.1, 0.15) is 10.7 Å². The number of aryl methyl sites for hydroxylation is 3. The van der Waals surface area contributed by atoms with E-state index in [4.69, 9.17) is 4.98 Å². The summed E-state index contributed by atoms with van der Waals surface area (Å²) in [5, 5.41) is 10.2. The Balaban J connectivity index is 1.66. The molecule has 0 aliphatic rings. The summed E-state index contributed by atoms with van der Waals surface area (Å²) in [4.78, 5) is 22.1. The second-order valence-corrected chi connectivity index (χ2v) is 9.37. The number of hydrogen-bond acceptors (Lipinski definition) is 6. The summed E-state index contributed by atoms with van der Waals surface area (Å²) in [7, 11) is 1.96. The molecule has 4 aromatic rings. The molecule has 1 N–H and O–H groups in total. The van der Waals surface area contributed by atoms with Crippen LogP contribution in [0.3, 0.4) is 0 Å². The molecule has 0 amide bonds. The van der Waals surface area contributed by atoms with E-state index in [1.807, 2.05) is 50.6 Å². The maximum absolute atomic E-state index is 12.6. The van der Waals surface area contributed by atoms with Crippen molar-refractivity contribution < 1.29 is 0 Å². The van der Waals surface area contributed by atoms with E-state index in [-0.39, 0.29) is 10.8 Å². The van der Waals surface area contributed by atoms with Gasteiger partial charge in [0.05, 0.1) is 10.6 Å². The molecular formula is C20H21N5OS2. The molecule has 0 aliphatic heterocycles. The molecule has 6 nitrogen and oxygen atoms in total. The summed E-state index contributed by atoms with van der Waals surface area (Å²) in [6.45, 7) is 8.07. The second-order valence-electron chi connectivity index (χ2n) is 6.85. The average molecular weight is 412 g/mol. The van der Waals surface area contributed by atoms with E-state index in [0.717, 1.165) is 37.4 Å². The van der Waals surface area contributed by atoms with Crippen molar-refractivity contribution in [3.63, 3.8) is 0 Å². The van der Waals surface area contributed by atoms with Crippen LogP contribution in [0.1, 0.15) is 34.0 Å². The van der Waals surface area contributed by atoms with E-state index in [9.17, 15) is 4.79 Å². The van der Waals surface area contributed by atoms with Gasteiger partial charge < -0.3 is 9.55 Å². The lowest BCUT2D eigenvalue weighted by molar-refractivity contribution is 0.786. The van der Waals surface area contributed by atoms with Crippen LogP contribution in [0.5, 0.6) is 0 Å². The van der Waals surface area contributed by atoms with Crippen LogP contribution in [0, 0.1) is 20.8 Å². The van der Waals surface area contributed by atoms with Crippen LogP contribution in [0.15, 0.2) is 34.2 Å². The molecule has 144 valence electrons. The minimum atomic E-state index is -0.0761. The monoisotopic (exact) mass is 411 g/mol. The van der Waals surface area contributed by atoms with Gasteiger partial charge in [-0.25, -0.2) is 4.98 Å². The zero-order chi connectivity index (χ0) is 20.0. The Morgan fingerprint density at radius 2 is 1.93 bits per heavy atom. The van der Waals surface area contributed by atoms with Gasteiger partial charge in [0.15, 0.2) is 11.0 Å². The van der Waals surface area contributed by atoms with Crippen LogP contribution < -0.4 is 5.56 Å². The molecule has 28 heavy (non-hydrogen) atoms. The van der Waals surface area contributed by atoms with Crippen LogP contribution in [0.4, 0.5) is 0 Å². The lowest BCUT2D eigenvalue weighted by Gasteiger charge is -2.11. The van der Waals surface area contributed by atoms with Gasteiger partial charge in [0, 0.05) is 17.5 Å². The number of benzene rings is 1. The predicted octanol–water partition coefficient (Wildman–Crippen LogP) is 4.56. The van der Waals surface area contributed by atoms with E-state index in [2.05, 4.69) is 28.2 Å². The summed E-state index contributed by atoms with van der Waals surface area (Å²) >= 11 is 3.10. The molecule has 0 radical (unpaired) electrons. The van der Waals surface area contributed by atoms with Crippen molar-refractivity contribution in [2.24, 2.45) is 7.05 Å². The Bertz CT molecular complexity index is 1240. The average Bonchev–Trinajstić information content (AvgIpc) is 3.15. The minimum absolute atomic E-state index is 0.0626. The summed E-state index contributed by atoms with van der Waals surface area (Å²) in [6.07, 6.45) is 0. The quantitative estimate of drug-likeness (QED) is 0.498. The maximum atomic E-state index is 12.6. The Hall–Kier alpha value is -2.45. The Morgan fingerprint density at radius 1 is 1.18 bits per heavy atom. The third kappa shape index (κ3) is 3.16. The molecular weight excluding hydrogens is 390 g/mol. The van der Waals surface area contributed by atoms with Crippen LogP contribution in [-0.2, 0) is 7.05 Å². The normalized spacial score (nSPS) is 12.6. The standard InChI is InChI=1S/C20H21N5OS2/c1-10-8-6-7-9-14(10)17-23-24-20(25(17)5)28-13(4)16-21-18(26)15-11(2)12(3)27-19(15)22-16/h6-9,13H,1-5H3,(H,21,22,26)/t13-/m0/s1. The van der Waals surface area contributed by atoms with Crippen LogP contribution in [-0.4, -0.2) is 24.7 Å². The summed E-state index contributed by atoms with van der Waals surface area (Å²) in [5.41, 5.74) is 3.15. The van der Waals surface area contributed by atoms with Gasteiger partial charge in [-0.1, -0.05) is 36.0 Å². The highest BCUT2D eigenvalue weighted by atomic mass is 32.2. The lowest BCUT2D eigenvalue weighted by atomic mass is 10.1. The molecule has 4 rings (SSSR count). The molecule has 3 aromatic heterocycles. The van der Waals surface area contributed by atoms with E-state index < -0.39 is 0 Å². The number of H-pyrrole nitrogens is 1. The largest absolute Gasteiger partial charge is 0.309 e. The molecule has 0 bridgehead atoms. The van der Waals surface area contributed by atoms with E-state index in [0.29, 0.717) is 11.2 Å². The van der Waals surface area contributed by atoms with Crippen molar-refractivity contribution in [3.8, 4) is 11.4 Å². The first kappa shape index (κ1) is 18.9. The number of nitrogens with zero attached hydrogens (tertiary/aromatic N) is 4. The molecule has 0 fully saturated rings. The van der Waals surface area contributed by atoms with Gasteiger partial charge in [-0.05, 0) is 38.8 Å². The summed E-state index contributed by atoms with van der Waals surface area (Å²) in [6, 6.07) is 8.13. The number of rotatable bonds is 4. The second kappa shape index (κ2) is 7.18. The molecule has 0 saturated heterocycles. The molecule has 3 heterocycles. The van der Waals surface area contributed by atoms with Crippen molar-refractivity contribution in [1.29, 1.82) is 0 Å². The van der Waals surface area contributed by atoms with Crippen LogP contribution in [0.2, 0.25) is 0 Å². The molecule has 8 heteroatoms. The highest BCUT2D eigenvalue weighted by Gasteiger charge is 2.19. The fourth-order valence-electron chi connectivity index (χ4n) is 3.15. The number of fused-ring (bicyclic) bond motifs is 1. The molecule has 1 atom stereocenters. The fraction of sp³-hybridized carbons (Fsp3) is 0.300. The van der Waals surface area contributed by atoms with Crippen molar-refractivity contribution in [1.82, 2.24) is 24.7 Å². The van der Waals surface area contributed by atoms with Gasteiger partial charge in [0.2, 0.25) is 0 Å². The predicted molar refractivity (Wildman–Crippen MR) is 115 cm³/mol. The topological polar surface area (TPSA) is 76.5 Å². The summed E-state index contributed by atoms with van der Waals surface area (Å²) in [5.74, 6) is 1.48. The van der Waals surface area contributed by atoms with Crippen LogP contribution >= 0.6 is 23.1 Å². The number of thioether (sulfide) groups is 1. The number of aromatic nitrogens is 5. The lowest BCUT2D eigenvalue weighted by Crippen LogP contribution is -2.12. The third-order valence-corrected chi connectivity index (χ3v) is 7.19. The minimum Gasteiger partial charge on any atom is -0.309 e. The first-order valence-corrected chi connectivity index (χ1v) is 10.7. The maximum Gasteiger partial charge on any atom is 0.259 e. The zero-order valence-electron chi connectivity index (χ0n) is 16.4. The molecule has 1 aromatic carbocycles. The van der Waals surface area contributed by atoms with Crippen LogP contribution in [0.25, 0.3) is 21.6 Å². The van der Waals surface area contributed by atoms with Crippen molar-refractivity contribution >= 4 is 33.3 Å². The van der Waals surface area contributed by atoms with Gasteiger partial charge >= 0.3 is 0 Å². The van der Waals surface area contributed by atoms with E-state index >= 15 is 0 Å². The van der Waals surface area contributed by atoms with E-state index in [1.54, 1.807) is 11.3 Å². The first-order valence-electron chi connectivity index (χ1n) is 8.98. The van der Waals surface area contributed by atoms with Gasteiger partial charge in [-0.15, -0.1) is 21.5 Å². The fourth-order valence-corrected chi connectivity index (χ4v) is 5.06. The van der Waals surface area contributed by atoms with Gasteiger partial charge in [-0.2, -0.15) is 0 Å². The number of thiophene rings is 1. The number of aromatic amines is 1. The van der Waals surface area contributed by atoms with Gasteiger partial charge in [-0.3, -0.25) is 4.79 Å².